The van der Waals surface area contributed by atoms with Crippen molar-refractivity contribution in [1.82, 2.24) is 15.1 Å². The molecule has 0 aliphatic carbocycles. The highest BCUT2D eigenvalue weighted by Gasteiger charge is 2.12. The fraction of sp³-hybridized carbons (Fsp3) is 0.0714. The molecule has 2 aromatic heterocycles. The topological polar surface area (TPSA) is 72.0 Å². The molecule has 1 aromatic carbocycles. The Kier molecular flexibility index (Phi) is 2.94. The van der Waals surface area contributed by atoms with E-state index in [-0.39, 0.29) is 5.75 Å². The molecule has 94 valence electrons. The van der Waals surface area contributed by atoms with Crippen molar-refractivity contribution in [3.63, 3.8) is 0 Å². The standard InChI is InChI=1S/C14H11N3O2/c18-12-7-2-1-6-11(12)14-16-13(17-19-14)9-10-5-3-4-8-15-10/h1-8,18H,9H2. The van der Waals surface area contributed by atoms with Gasteiger partial charge in [-0.2, -0.15) is 4.98 Å². The third-order valence-electron chi connectivity index (χ3n) is 2.67. The lowest BCUT2D eigenvalue weighted by Gasteiger charge is -1.96. The number of phenolic OH excluding ortho intramolecular Hbond substituents is 1. The van der Waals surface area contributed by atoms with Crippen LogP contribution >= 0.6 is 0 Å². The van der Waals surface area contributed by atoms with Gasteiger partial charge in [-0.1, -0.05) is 23.4 Å². The smallest absolute Gasteiger partial charge is 0.261 e. The summed E-state index contributed by atoms with van der Waals surface area (Å²) in [5.41, 5.74) is 1.40. The predicted molar refractivity (Wildman–Crippen MR) is 68.4 cm³/mol. The molecule has 0 aliphatic heterocycles. The lowest BCUT2D eigenvalue weighted by Crippen LogP contribution is -1.93. The number of para-hydroxylation sites is 1. The van der Waals surface area contributed by atoms with Gasteiger partial charge in [0.25, 0.3) is 5.89 Å². The van der Waals surface area contributed by atoms with Crippen molar-refractivity contribution in [3.05, 3.63) is 60.2 Å². The number of hydrogen-bond acceptors (Lipinski definition) is 5. The maximum Gasteiger partial charge on any atom is 0.261 e. The number of benzene rings is 1. The summed E-state index contributed by atoms with van der Waals surface area (Å²) in [6.07, 6.45) is 2.22. The zero-order valence-electron chi connectivity index (χ0n) is 10.0. The maximum atomic E-state index is 9.72. The largest absolute Gasteiger partial charge is 0.507 e. The Balaban J connectivity index is 1.86. The Morgan fingerprint density at radius 3 is 2.68 bits per heavy atom. The van der Waals surface area contributed by atoms with Gasteiger partial charge in [-0.25, -0.2) is 0 Å². The summed E-state index contributed by atoms with van der Waals surface area (Å²) < 4.78 is 5.15. The van der Waals surface area contributed by atoms with Gasteiger partial charge in [0, 0.05) is 11.9 Å². The first kappa shape index (κ1) is 11.4. The molecule has 0 bridgehead atoms. The van der Waals surface area contributed by atoms with E-state index in [1.807, 2.05) is 18.2 Å². The molecule has 0 amide bonds. The van der Waals surface area contributed by atoms with E-state index in [1.54, 1.807) is 30.5 Å². The van der Waals surface area contributed by atoms with E-state index in [0.29, 0.717) is 23.7 Å². The van der Waals surface area contributed by atoms with E-state index in [4.69, 9.17) is 4.52 Å². The van der Waals surface area contributed by atoms with Crippen LogP contribution in [0.5, 0.6) is 5.75 Å². The van der Waals surface area contributed by atoms with Crippen molar-refractivity contribution in [3.8, 4) is 17.2 Å². The van der Waals surface area contributed by atoms with Gasteiger partial charge in [0.2, 0.25) is 0 Å². The Labute approximate surface area is 109 Å². The second-order valence-electron chi connectivity index (χ2n) is 4.03. The van der Waals surface area contributed by atoms with Crippen molar-refractivity contribution in [2.45, 2.75) is 6.42 Å². The number of aromatic nitrogens is 3. The summed E-state index contributed by atoms with van der Waals surface area (Å²) in [5.74, 6) is 0.969. The van der Waals surface area contributed by atoms with Gasteiger partial charge in [0.1, 0.15) is 5.75 Å². The molecule has 5 heteroatoms. The Hall–Kier alpha value is -2.69. The van der Waals surface area contributed by atoms with Crippen molar-refractivity contribution in [1.29, 1.82) is 0 Å². The molecule has 1 N–H and O–H groups in total. The third-order valence-corrected chi connectivity index (χ3v) is 2.67. The molecule has 0 saturated heterocycles. The van der Waals surface area contributed by atoms with Crippen molar-refractivity contribution >= 4 is 0 Å². The van der Waals surface area contributed by atoms with Gasteiger partial charge in [0.15, 0.2) is 5.82 Å². The first-order chi connectivity index (χ1) is 9.33. The van der Waals surface area contributed by atoms with Crippen LogP contribution in [0.2, 0.25) is 0 Å². The highest BCUT2D eigenvalue weighted by Crippen LogP contribution is 2.27. The van der Waals surface area contributed by atoms with Gasteiger partial charge in [0.05, 0.1) is 12.0 Å². The van der Waals surface area contributed by atoms with E-state index in [2.05, 4.69) is 15.1 Å². The van der Waals surface area contributed by atoms with E-state index >= 15 is 0 Å². The fourth-order valence-electron chi connectivity index (χ4n) is 1.75. The second kappa shape index (κ2) is 4.89. The Bertz CT molecular complexity index is 680. The number of hydrogen-bond donors (Lipinski definition) is 1. The molecule has 0 unspecified atom stereocenters. The van der Waals surface area contributed by atoms with Gasteiger partial charge in [-0.15, -0.1) is 0 Å². The van der Waals surface area contributed by atoms with Gasteiger partial charge in [-0.05, 0) is 24.3 Å². The average Bonchev–Trinajstić information content (AvgIpc) is 2.89. The highest BCUT2D eigenvalue weighted by atomic mass is 16.5. The van der Waals surface area contributed by atoms with Crippen LogP contribution in [0.4, 0.5) is 0 Å². The SMILES string of the molecule is Oc1ccccc1-c1nc(Cc2ccccn2)no1. The molecular formula is C14H11N3O2. The van der Waals surface area contributed by atoms with E-state index in [1.165, 1.54) is 0 Å². The van der Waals surface area contributed by atoms with Crippen molar-refractivity contribution < 1.29 is 9.63 Å². The minimum Gasteiger partial charge on any atom is -0.507 e. The normalized spacial score (nSPS) is 10.5. The fourth-order valence-corrected chi connectivity index (χ4v) is 1.75. The number of phenols is 1. The Morgan fingerprint density at radius 2 is 1.89 bits per heavy atom. The lowest BCUT2D eigenvalue weighted by molar-refractivity contribution is 0.418. The van der Waals surface area contributed by atoms with Crippen LogP contribution in [0.1, 0.15) is 11.5 Å². The second-order valence-corrected chi connectivity index (χ2v) is 4.03. The molecule has 0 atom stereocenters. The summed E-state index contributed by atoms with van der Waals surface area (Å²) in [7, 11) is 0. The number of rotatable bonds is 3. The molecule has 5 nitrogen and oxygen atoms in total. The molecule has 19 heavy (non-hydrogen) atoms. The highest BCUT2D eigenvalue weighted by molar-refractivity contribution is 5.61. The first-order valence-electron chi connectivity index (χ1n) is 5.84. The molecule has 0 fully saturated rings. The number of nitrogens with zero attached hydrogens (tertiary/aromatic N) is 3. The summed E-state index contributed by atoms with van der Waals surface area (Å²) in [4.78, 5) is 8.46. The van der Waals surface area contributed by atoms with Crippen LogP contribution < -0.4 is 0 Å². The maximum absolute atomic E-state index is 9.72. The summed E-state index contributed by atoms with van der Waals surface area (Å²) in [6.45, 7) is 0. The van der Waals surface area contributed by atoms with E-state index in [0.717, 1.165) is 5.69 Å². The molecule has 0 radical (unpaired) electrons. The van der Waals surface area contributed by atoms with Crippen LogP contribution in [0.15, 0.2) is 53.2 Å². The molecule has 0 saturated carbocycles. The van der Waals surface area contributed by atoms with Crippen molar-refractivity contribution in [2.75, 3.05) is 0 Å². The van der Waals surface area contributed by atoms with Crippen LogP contribution in [-0.4, -0.2) is 20.2 Å². The van der Waals surface area contributed by atoms with Gasteiger partial charge >= 0.3 is 0 Å². The molecule has 3 aromatic rings. The van der Waals surface area contributed by atoms with Crippen LogP contribution in [0.3, 0.4) is 0 Å². The monoisotopic (exact) mass is 253 g/mol. The molecule has 0 spiro atoms. The number of aromatic hydroxyl groups is 1. The lowest BCUT2D eigenvalue weighted by atomic mass is 10.2. The summed E-state index contributed by atoms with van der Waals surface area (Å²) >= 11 is 0. The van der Waals surface area contributed by atoms with Crippen LogP contribution in [0, 0.1) is 0 Å². The average molecular weight is 253 g/mol. The quantitative estimate of drug-likeness (QED) is 0.776. The minimum atomic E-state index is 0.121. The zero-order valence-corrected chi connectivity index (χ0v) is 10.0. The molecule has 3 rings (SSSR count). The molecule has 2 heterocycles. The van der Waals surface area contributed by atoms with Gasteiger partial charge < -0.3 is 9.63 Å². The minimum absolute atomic E-state index is 0.121. The van der Waals surface area contributed by atoms with Crippen molar-refractivity contribution in [2.24, 2.45) is 0 Å². The summed E-state index contributed by atoms with van der Waals surface area (Å²) in [5, 5.41) is 13.6. The van der Waals surface area contributed by atoms with E-state index in [9.17, 15) is 5.11 Å². The molecular weight excluding hydrogens is 242 g/mol. The molecule has 0 aliphatic rings. The zero-order chi connectivity index (χ0) is 13.1. The number of pyridine rings is 1. The summed E-state index contributed by atoms with van der Waals surface area (Å²) in [6, 6.07) is 12.5. The van der Waals surface area contributed by atoms with Gasteiger partial charge in [-0.3, -0.25) is 4.98 Å². The van der Waals surface area contributed by atoms with Crippen LogP contribution in [-0.2, 0) is 6.42 Å². The van der Waals surface area contributed by atoms with E-state index < -0.39 is 0 Å². The Morgan fingerprint density at radius 1 is 1.05 bits per heavy atom. The first-order valence-corrected chi connectivity index (χ1v) is 5.84. The third kappa shape index (κ3) is 2.44. The predicted octanol–water partition coefficient (Wildman–Crippen LogP) is 2.43. The van der Waals surface area contributed by atoms with Crippen LogP contribution in [0.25, 0.3) is 11.5 Å².